The first-order valence-electron chi connectivity index (χ1n) is 7.92. The molecule has 0 aliphatic carbocycles. The van der Waals surface area contributed by atoms with Crippen LogP contribution in [-0.4, -0.2) is 17.0 Å². The van der Waals surface area contributed by atoms with Crippen LogP contribution in [0.1, 0.15) is 17.4 Å². The predicted octanol–water partition coefficient (Wildman–Crippen LogP) is 5.45. The van der Waals surface area contributed by atoms with Crippen LogP contribution in [0.5, 0.6) is 5.75 Å². The minimum atomic E-state index is -0.727. The van der Waals surface area contributed by atoms with E-state index in [0.717, 1.165) is 11.3 Å². The van der Waals surface area contributed by atoms with Gasteiger partial charge in [-0.1, -0.05) is 53.5 Å². The van der Waals surface area contributed by atoms with Crippen molar-refractivity contribution in [1.82, 2.24) is 4.98 Å². The molecule has 26 heavy (non-hydrogen) atoms. The number of amides is 1. The first kappa shape index (κ1) is 18.7. The van der Waals surface area contributed by atoms with Crippen LogP contribution >= 0.6 is 34.5 Å². The van der Waals surface area contributed by atoms with Gasteiger partial charge < -0.3 is 4.74 Å². The molecule has 3 rings (SSSR count). The third-order valence-corrected chi connectivity index (χ3v) is 5.01. The van der Waals surface area contributed by atoms with E-state index < -0.39 is 6.10 Å². The molecule has 4 nitrogen and oxygen atoms in total. The Morgan fingerprint density at radius 1 is 1.23 bits per heavy atom. The van der Waals surface area contributed by atoms with Crippen LogP contribution < -0.4 is 10.1 Å². The molecule has 0 bridgehead atoms. The van der Waals surface area contributed by atoms with Crippen molar-refractivity contribution < 1.29 is 9.53 Å². The van der Waals surface area contributed by atoms with Crippen molar-refractivity contribution in [1.29, 1.82) is 0 Å². The Morgan fingerprint density at radius 2 is 2.00 bits per heavy atom. The van der Waals surface area contributed by atoms with Crippen molar-refractivity contribution in [3.8, 4) is 5.75 Å². The minimum Gasteiger partial charge on any atom is -0.479 e. The number of carbonyl (C=O) groups is 1. The average molecular weight is 407 g/mol. The zero-order chi connectivity index (χ0) is 18.5. The van der Waals surface area contributed by atoms with E-state index in [9.17, 15) is 4.79 Å². The van der Waals surface area contributed by atoms with Crippen LogP contribution in [-0.2, 0) is 11.2 Å². The molecule has 0 saturated carbocycles. The molecule has 0 radical (unpaired) electrons. The first-order valence-corrected chi connectivity index (χ1v) is 9.49. The lowest BCUT2D eigenvalue weighted by atomic mass is 10.1. The van der Waals surface area contributed by atoms with E-state index in [1.165, 1.54) is 16.9 Å². The quantitative estimate of drug-likeness (QED) is 0.592. The van der Waals surface area contributed by atoms with Crippen molar-refractivity contribution in [2.45, 2.75) is 19.4 Å². The minimum absolute atomic E-state index is 0.295. The number of hydrogen-bond donors (Lipinski definition) is 1. The lowest BCUT2D eigenvalue weighted by Gasteiger charge is -2.14. The van der Waals surface area contributed by atoms with Gasteiger partial charge in [0, 0.05) is 22.5 Å². The fraction of sp³-hybridized carbons (Fsp3) is 0.158. The van der Waals surface area contributed by atoms with Crippen LogP contribution in [0.4, 0.5) is 5.13 Å². The fourth-order valence-corrected chi connectivity index (χ4v) is 3.57. The van der Waals surface area contributed by atoms with Crippen molar-refractivity contribution in [3.63, 3.8) is 0 Å². The SMILES string of the molecule is CC(Oc1ccc(Cl)cc1Cl)C(=O)Nc1ncc(Cc2ccccc2)s1. The van der Waals surface area contributed by atoms with Crippen molar-refractivity contribution >= 4 is 45.6 Å². The second-order valence-corrected chi connectivity index (χ2v) is 7.58. The molecule has 0 aliphatic heterocycles. The van der Waals surface area contributed by atoms with Gasteiger partial charge in [-0.2, -0.15) is 0 Å². The summed E-state index contributed by atoms with van der Waals surface area (Å²) in [5, 5.41) is 4.18. The highest BCUT2D eigenvalue weighted by Gasteiger charge is 2.18. The van der Waals surface area contributed by atoms with Gasteiger partial charge in [-0.25, -0.2) is 4.98 Å². The predicted molar refractivity (Wildman–Crippen MR) is 107 cm³/mol. The lowest BCUT2D eigenvalue weighted by molar-refractivity contribution is -0.122. The van der Waals surface area contributed by atoms with Crippen LogP contribution in [0.3, 0.4) is 0 Å². The number of halogens is 2. The van der Waals surface area contributed by atoms with Gasteiger partial charge in [-0.15, -0.1) is 11.3 Å². The van der Waals surface area contributed by atoms with E-state index >= 15 is 0 Å². The van der Waals surface area contributed by atoms with Gasteiger partial charge in [0.05, 0.1) is 5.02 Å². The zero-order valence-corrected chi connectivity index (χ0v) is 16.2. The van der Waals surface area contributed by atoms with Crippen molar-refractivity contribution in [2.75, 3.05) is 5.32 Å². The van der Waals surface area contributed by atoms with Crippen LogP contribution in [0.25, 0.3) is 0 Å². The molecule has 1 heterocycles. The van der Waals surface area contributed by atoms with Gasteiger partial charge >= 0.3 is 0 Å². The molecule has 1 amide bonds. The smallest absolute Gasteiger partial charge is 0.266 e. The van der Waals surface area contributed by atoms with Gasteiger partial charge in [0.25, 0.3) is 5.91 Å². The number of hydrogen-bond acceptors (Lipinski definition) is 4. The Bertz CT molecular complexity index is 900. The number of ether oxygens (including phenoxy) is 1. The molecule has 0 fully saturated rings. The summed E-state index contributed by atoms with van der Waals surface area (Å²) in [6.45, 7) is 1.65. The summed E-state index contributed by atoms with van der Waals surface area (Å²) in [4.78, 5) is 17.7. The first-order chi connectivity index (χ1) is 12.5. The maximum atomic E-state index is 12.3. The molecule has 1 aromatic heterocycles. The van der Waals surface area contributed by atoms with E-state index in [-0.39, 0.29) is 5.91 Å². The van der Waals surface area contributed by atoms with Gasteiger partial charge in [-0.05, 0) is 30.7 Å². The average Bonchev–Trinajstić information content (AvgIpc) is 3.05. The lowest BCUT2D eigenvalue weighted by Crippen LogP contribution is -2.30. The van der Waals surface area contributed by atoms with E-state index in [1.807, 2.05) is 18.2 Å². The van der Waals surface area contributed by atoms with E-state index in [2.05, 4.69) is 22.4 Å². The van der Waals surface area contributed by atoms with Crippen LogP contribution in [0.15, 0.2) is 54.7 Å². The summed E-state index contributed by atoms with van der Waals surface area (Å²) >= 11 is 13.4. The Balaban J connectivity index is 1.59. The van der Waals surface area contributed by atoms with E-state index in [1.54, 1.807) is 31.3 Å². The molecular weight excluding hydrogens is 391 g/mol. The van der Waals surface area contributed by atoms with E-state index in [0.29, 0.717) is 20.9 Å². The number of aromatic nitrogens is 1. The summed E-state index contributed by atoms with van der Waals surface area (Å²) in [5.74, 6) is 0.110. The zero-order valence-electron chi connectivity index (χ0n) is 13.9. The molecule has 0 aliphatic rings. The number of anilines is 1. The molecular formula is C19H16Cl2N2O2S. The molecule has 0 saturated heterocycles. The second-order valence-electron chi connectivity index (χ2n) is 5.62. The summed E-state index contributed by atoms with van der Waals surface area (Å²) in [6.07, 6.45) is 1.82. The number of carbonyl (C=O) groups excluding carboxylic acids is 1. The summed E-state index contributed by atoms with van der Waals surface area (Å²) in [5.41, 5.74) is 1.20. The number of nitrogens with one attached hydrogen (secondary N) is 1. The Labute approximate surface area is 165 Å². The maximum Gasteiger partial charge on any atom is 0.266 e. The number of thiazole rings is 1. The highest BCUT2D eigenvalue weighted by atomic mass is 35.5. The topological polar surface area (TPSA) is 51.2 Å². The molecule has 1 unspecified atom stereocenters. The normalized spacial score (nSPS) is 11.8. The highest BCUT2D eigenvalue weighted by Crippen LogP contribution is 2.28. The van der Waals surface area contributed by atoms with Crippen LogP contribution in [0, 0.1) is 0 Å². The Kier molecular flexibility index (Phi) is 6.14. The molecule has 2 aromatic carbocycles. The fourth-order valence-electron chi connectivity index (χ4n) is 2.27. The standard InChI is InChI=1S/C19H16Cl2N2O2S/c1-12(25-17-8-7-14(20)10-16(17)21)18(24)23-19-22-11-15(26-19)9-13-5-3-2-4-6-13/h2-8,10-12H,9H2,1H3,(H,22,23,24). The molecule has 3 aromatic rings. The summed E-state index contributed by atoms with van der Waals surface area (Å²) in [6, 6.07) is 15.0. The van der Waals surface area contributed by atoms with Crippen LogP contribution in [0.2, 0.25) is 10.0 Å². The Morgan fingerprint density at radius 3 is 2.73 bits per heavy atom. The van der Waals surface area contributed by atoms with Gasteiger partial charge in [-0.3, -0.25) is 10.1 Å². The molecule has 7 heteroatoms. The molecule has 1 atom stereocenters. The van der Waals surface area contributed by atoms with E-state index in [4.69, 9.17) is 27.9 Å². The van der Waals surface area contributed by atoms with Gasteiger partial charge in [0.15, 0.2) is 11.2 Å². The molecule has 0 spiro atoms. The summed E-state index contributed by atoms with van der Waals surface area (Å²) < 4.78 is 5.61. The van der Waals surface area contributed by atoms with Gasteiger partial charge in [0.2, 0.25) is 0 Å². The third kappa shape index (κ3) is 4.97. The number of rotatable bonds is 6. The maximum absolute atomic E-state index is 12.3. The molecule has 1 N–H and O–H groups in total. The highest BCUT2D eigenvalue weighted by molar-refractivity contribution is 7.15. The van der Waals surface area contributed by atoms with Crippen molar-refractivity contribution in [3.05, 3.63) is 75.2 Å². The number of nitrogens with zero attached hydrogens (tertiary/aromatic N) is 1. The number of benzene rings is 2. The Hall–Kier alpha value is -2.08. The van der Waals surface area contributed by atoms with Gasteiger partial charge in [0.1, 0.15) is 5.75 Å². The summed E-state index contributed by atoms with van der Waals surface area (Å²) in [7, 11) is 0. The van der Waals surface area contributed by atoms with Crippen molar-refractivity contribution in [2.24, 2.45) is 0 Å². The second kappa shape index (κ2) is 8.54. The largest absolute Gasteiger partial charge is 0.479 e. The monoisotopic (exact) mass is 406 g/mol. The molecule has 134 valence electrons. The third-order valence-electron chi connectivity index (χ3n) is 3.57.